The van der Waals surface area contributed by atoms with Crippen LogP contribution in [0.15, 0.2) is 79.0 Å². The van der Waals surface area contributed by atoms with Crippen LogP contribution in [0, 0.1) is 5.92 Å². The van der Waals surface area contributed by atoms with Crippen molar-refractivity contribution in [3.8, 4) is 0 Å². The molecule has 1 aromatic heterocycles. The van der Waals surface area contributed by atoms with Crippen molar-refractivity contribution in [2.24, 2.45) is 5.92 Å². The Kier molecular flexibility index (Phi) is 8.04. The molecule has 0 bridgehead atoms. The predicted octanol–water partition coefficient (Wildman–Crippen LogP) is 4.23. The second-order valence-corrected chi connectivity index (χ2v) is 10.8. The zero-order valence-electron chi connectivity index (χ0n) is 22.9. The van der Waals surface area contributed by atoms with E-state index in [1.165, 1.54) is 6.20 Å². The van der Waals surface area contributed by atoms with Gasteiger partial charge < -0.3 is 25.0 Å². The molecule has 9 nitrogen and oxygen atoms in total. The highest BCUT2D eigenvalue weighted by molar-refractivity contribution is 6.03. The molecule has 2 fully saturated rings. The Morgan fingerprint density at radius 2 is 1.73 bits per heavy atom. The number of carbonyl (C=O) groups excluding carboxylic acids is 1. The molecule has 3 heterocycles. The minimum Gasteiger partial charge on any atom is -0.392 e. The van der Waals surface area contributed by atoms with Crippen molar-refractivity contribution in [2.45, 2.75) is 44.6 Å². The fourth-order valence-electron chi connectivity index (χ4n) is 5.55. The maximum atomic E-state index is 12.9. The number of aliphatic hydroxyl groups is 2. The van der Waals surface area contributed by atoms with Gasteiger partial charge in [-0.25, -0.2) is 4.98 Å². The monoisotopic (exact) mass is 554 g/mol. The van der Waals surface area contributed by atoms with E-state index in [4.69, 9.17) is 9.47 Å². The van der Waals surface area contributed by atoms with Crippen LogP contribution < -0.4 is 5.32 Å². The van der Waals surface area contributed by atoms with Gasteiger partial charge in [-0.05, 0) is 41.8 Å². The summed E-state index contributed by atoms with van der Waals surface area (Å²) in [5.41, 5.74) is 4.97. The fourth-order valence-corrected chi connectivity index (χ4v) is 5.55. The van der Waals surface area contributed by atoms with Gasteiger partial charge in [0.2, 0.25) is 0 Å². The van der Waals surface area contributed by atoms with Crippen molar-refractivity contribution in [3.05, 3.63) is 101 Å². The lowest BCUT2D eigenvalue weighted by Gasteiger charge is -2.42. The molecule has 9 heteroatoms. The highest BCUT2D eigenvalue weighted by atomic mass is 16.7. The molecular formula is C32H34N4O5. The summed E-state index contributed by atoms with van der Waals surface area (Å²) in [6, 6.07) is 22.7. The van der Waals surface area contributed by atoms with Crippen LogP contribution in [0.1, 0.15) is 52.9 Å². The van der Waals surface area contributed by atoms with Crippen LogP contribution in [0.2, 0.25) is 0 Å². The summed E-state index contributed by atoms with van der Waals surface area (Å²) in [6.07, 6.45) is 1.00. The third-order valence-electron chi connectivity index (χ3n) is 7.93. The fraction of sp³-hybridized carbons (Fsp3) is 0.344. The van der Waals surface area contributed by atoms with E-state index in [9.17, 15) is 15.0 Å². The Hall–Kier alpha value is -3.73. The number of aliphatic hydroxyl groups excluding tert-OH is 2. The summed E-state index contributed by atoms with van der Waals surface area (Å²) < 4.78 is 13.1. The SMILES string of the molecule is CC1C(CN2CCC(O)C2)OC(c2ccc(NC(=O)c3cnc4ccccc4n3)cc2)OC1c1ccc(CO)cc1. The zero-order valence-corrected chi connectivity index (χ0v) is 22.9. The van der Waals surface area contributed by atoms with Gasteiger partial charge in [0.25, 0.3) is 5.91 Å². The summed E-state index contributed by atoms with van der Waals surface area (Å²) in [5.74, 6) is -0.278. The molecule has 6 rings (SSSR count). The molecule has 0 spiro atoms. The quantitative estimate of drug-likeness (QED) is 0.311. The third kappa shape index (κ3) is 6.14. The number of fused-ring (bicyclic) bond motifs is 1. The van der Waals surface area contributed by atoms with E-state index in [0.29, 0.717) is 24.3 Å². The first-order valence-corrected chi connectivity index (χ1v) is 14.0. The van der Waals surface area contributed by atoms with Crippen molar-refractivity contribution in [1.82, 2.24) is 14.9 Å². The molecule has 1 amide bonds. The molecule has 2 aliphatic rings. The number of benzene rings is 3. The number of carbonyl (C=O) groups is 1. The molecule has 4 aromatic rings. The average molecular weight is 555 g/mol. The maximum absolute atomic E-state index is 12.9. The number of amides is 1. The molecule has 41 heavy (non-hydrogen) atoms. The van der Waals surface area contributed by atoms with Gasteiger partial charge >= 0.3 is 0 Å². The molecule has 3 aromatic carbocycles. The van der Waals surface area contributed by atoms with E-state index in [-0.39, 0.29) is 42.4 Å². The first kappa shape index (κ1) is 27.4. The number of ether oxygens (including phenoxy) is 2. The Morgan fingerprint density at radius 1 is 1.00 bits per heavy atom. The zero-order chi connectivity index (χ0) is 28.3. The number of hydrogen-bond acceptors (Lipinski definition) is 8. The third-order valence-corrected chi connectivity index (χ3v) is 7.93. The Morgan fingerprint density at radius 3 is 2.44 bits per heavy atom. The number of hydrogen-bond donors (Lipinski definition) is 3. The Labute approximate surface area is 238 Å². The van der Waals surface area contributed by atoms with Gasteiger partial charge in [0.1, 0.15) is 5.69 Å². The minimum absolute atomic E-state index is 0.0106. The molecule has 5 atom stereocenters. The number of nitrogens with zero attached hydrogens (tertiary/aromatic N) is 3. The van der Waals surface area contributed by atoms with Crippen LogP contribution in [-0.4, -0.2) is 62.8 Å². The standard InChI is InChI=1S/C32H34N4O5/c1-20-29(18-36-15-14-25(38)17-36)40-32(41-30(20)22-8-6-21(19-37)7-9-22)23-10-12-24(13-11-23)34-31(39)28-16-33-26-4-2-3-5-27(26)35-28/h2-13,16,20,25,29-30,32,37-38H,14-15,17-19H2,1H3,(H,34,39). The minimum atomic E-state index is -0.609. The van der Waals surface area contributed by atoms with Crippen LogP contribution in [0.3, 0.4) is 0 Å². The lowest BCUT2D eigenvalue weighted by Crippen LogP contribution is -2.44. The second-order valence-electron chi connectivity index (χ2n) is 10.8. The topological polar surface area (TPSA) is 117 Å². The van der Waals surface area contributed by atoms with E-state index in [2.05, 4.69) is 27.1 Å². The lowest BCUT2D eigenvalue weighted by molar-refractivity contribution is -0.276. The normalized spacial score (nSPS) is 24.9. The number of rotatable bonds is 7. The molecule has 5 unspecified atom stereocenters. The summed E-state index contributed by atoms with van der Waals surface area (Å²) >= 11 is 0. The molecular weight excluding hydrogens is 520 g/mol. The summed E-state index contributed by atoms with van der Waals surface area (Å²) in [6.45, 7) is 4.30. The van der Waals surface area contributed by atoms with Crippen LogP contribution in [0.5, 0.6) is 0 Å². The largest absolute Gasteiger partial charge is 0.392 e. The molecule has 0 aliphatic carbocycles. The predicted molar refractivity (Wildman–Crippen MR) is 154 cm³/mol. The van der Waals surface area contributed by atoms with Gasteiger partial charge in [-0.2, -0.15) is 0 Å². The number of likely N-dealkylation sites (tertiary alicyclic amines) is 1. The van der Waals surface area contributed by atoms with E-state index < -0.39 is 6.29 Å². The van der Waals surface area contributed by atoms with Crippen LogP contribution in [-0.2, 0) is 16.1 Å². The smallest absolute Gasteiger partial charge is 0.275 e. The van der Waals surface area contributed by atoms with Crippen molar-refractivity contribution in [3.63, 3.8) is 0 Å². The number of nitrogens with one attached hydrogen (secondary N) is 1. The van der Waals surface area contributed by atoms with Crippen molar-refractivity contribution in [1.29, 1.82) is 0 Å². The van der Waals surface area contributed by atoms with Gasteiger partial charge in [-0.3, -0.25) is 14.7 Å². The average Bonchev–Trinajstić information content (AvgIpc) is 3.42. The maximum Gasteiger partial charge on any atom is 0.275 e. The second kappa shape index (κ2) is 12.0. The van der Waals surface area contributed by atoms with Crippen molar-refractivity contribution in [2.75, 3.05) is 25.0 Å². The van der Waals surface area contributed by atoms with Crippen LogP contribution in [0.4, 0.5) is 5.69 Å². The van der Waals surface area contributed by atoms with Gasteiger partial charge in [-0.15, -0.1) is 0 Å². The summed E-state index contributed by atoms with van der Waals surface area (Å²) in [5, 5.41) is 22.4. The highest BCUT2D eigenvalue weighted by Crippen LogP contribution is 2.42. The van der Waals surface area contributed by atoms with Gasteiger partial charge in [0.05, 0.1) is 42.1 Å². The van der Waals surface area contributed by atoms with E-state index in [1.54, 1.807) is 0 Å². The first-order valence-electron chi connectivity index (χ1n) is 14.0. The van der Waals surface area contributed by atoms with E-state index in [1.807, 2.05) is 72.8 Å². The molecule has 0 saturated carbocycles. The molecule has 0 radical (unpaired) electrons. The number of β-amino-alcohol motifs (C(OH)–C–C–N with tert-alkyl or cyclic N) is 1. The van der Waals surface area contributed by atoms with Gasteiger partial charge in [-0.1, -0.05) is 55.5 Å². The first-order chi connectivity index (χ1) is 20.0. The number of para-hydroxylation sites is 2. The van der Waals surface area contributed by atoms with Gasteiger partial charge in [0, 0.05) is 36.8 Å². The highest BCUT2D eigenvalue weighted by Gasteiger charge is 2.39. The Bertz CT molecular complexity index is 1500. The molecule has 3 N–H and O–H groups in total. The van der Waals surface area contributed by atoms with Gasteiger partial charge in [0.15, 0.2) is 6.29 Å². The summed E-state index contributed by atoms with van der Waals surface area (Å²) in [4.78, 5) is 23.9. The molecule has 2 aliphatic heterocycles. The lowest BCUT2D eigenvalue weighted by atomic mass is 9.90. The van der Waals surface area contributed by atoms with Crippen molar-refractivity contribution < 1.29 is 24.5 Å². The van der Waals surface area contributed by atoms with E-state index in [0.717, 1.165) is 35.2 Å². The van der Waals surface area contributed by atoms with E-state index >= 15 is 0 Å². The number of aromatic nitrogens is 2. The van der Waals surface area contributed by atoms with Crippen molar-refractivity contribution >= 4 is 22.6 Å². The summed E-state index contributed by atoms with van der Waals surface area (Å²) in [7, 11) is 0. The molecule has 2 saturated heterocycles. The van der Waals surface area contributed by atoms with Crippen LogP contribution in [0.25, 0.3) is 11.0 Å². The number of anilines is 1. The van der Waals surface area contributed by atoms with Crippen LogP contribution >= 0.6 is 0 Å². The molecule has 212 valence electrons. The Balaban J connectivity index is 1.19.